The van der Waals surface area contributed by atoms with Crippen molar-refractivity contribution in [2.45, 2.75) is 0 Å². The molecule has 0 fully saturated rings. The monoisotopic (exact) mass is 368 g/mol. The summed E-state index contributed by atoms with van der Waals surface area (Å²) in [7, 11) is 0. The fourth-order valence-electron chi connectivity index (χ4n) is 3.20. The quantitative estimate of drug-likeness (QED) is 0.436. The molecule has 1 aliphatic heterocycles. The van der Waals surface area contributed by atoms with E-state index in [9.17, 15) is 9.59 Å². The van der Waals surface area contributed by atoms with Crippen LogP contribution in [-0.2, 0) is 9.59 Å². The molecule has 134 valence electrons. The van der Waals surface area contributed by atoms with Gasteiger partial charge < -0.3 is 0 Å². The standard InChI is InChI=1S/C20H12N6O2/c27-17-10-11-18(28)26(17)16-9-8-15-19(24-25-22-15)20(16)23-21-14-7-3-5-12-4-1-2-6-13(12)14/h1-11H,(H,22,24,25). The van der Waals surface area contributed by atoms with Gasteiger partial charge >= 0.3 is 0 Å². The fourth-order valence-corrected chi connectivity index (χ4v) is 3.20. The highest BCUT2D eigenvalue weighted by Crippen LogP contribution is 2.38. The number of carbonyl (C=O) groups excluding carboxylic acids is 2. The number of hydrogen-bond donors (Lipinski definition) is 1. The predicted octanol–water partition coefficient (Wildman–Crippen LogP) is 3.96. The lowest BCUT2D eigenvalue weighted by Crippen LogP contribution is -2.29. The number of rotatable bonds is 3. The van der Waals surface area contributed by atoms with Crippen LogP contribution in [0.15, 0.2) is 77.0 Å². The average molecular weight is 368 g/mol. The van der Waals surface area contributed by atoms with E-state index in [0.29, 0.717) is 28.1 Å². The molecule has 0 aliphatic carbocycles. The highest BCUT2D eigenvalue weighted by Gasteiger charge is 2.29. The molecule has 5 rings (SSSR count). The van der Waals surface area contributed by atoms with E-state index in [2.05, 4.69) is 25.6 Å². The summed E-state index contributed by atoms with van der Waals surface area (Å²) in [6, 6.07) is 16.9. The number of hydrogen-bond acceptors (Lipinski definition) is 6. The second-order valence-corrected chi connectivity index (χ2v) is 6.17. The summed E-state index contributed by atoms with van der Waals surface area (Å²) < 4.78 is 0. The van der Waals surface area contributed by atoms with Crippen molar-refractivity contribution in [3.8, 4) is 0 Å². The molecule has 0 radical (unpaired) electrons. The number of azo groups is 1. The van der Waals surface area contributed by atoms with Crippen LogP contribution in [-0.4, -0.2) is 27.2 Å². The third-order valence-corrected chi connectivity index (χ3v) is 4.52. The van der Waals surface area contributed by atoms with Gasteiger partial charge in [0.15, 0.2) is 0 Å². The summed E-state index contributed by atoms with van der Waals surface area (Å²) in [5, 5.41) is 21.4. The Morgan fingerprint density at radius 2 is 1.61 bits per heavy atom. The summed E-state index contributed by atoms with van der Waals surface area (Å²) in [6.45, 7) is 0. The molecule has 0 spiro atoms. The van der Waals surface area contributed by atoms with Gasteiger partial charge in [-0.1, -0.05) is 36.4 Å². The molecule has 3 aromatic carbocycles. The second-order valence-electron chi connectivity index (χ2n) is 6.17. The van der Waals surface area contributed by atoms with Crippen LogP contribution < -0.4 is 4.90 Å². The van der Waals surface area contributed by atoms with Crippen LogP contribution in [0.3, 0.4) is 0 Å². The van der Waals surface area contributed by atoms with E-state index in [1.54, 1.807) is 12.1 Å². The average Bonchev–Trinajstić information content (AvgIpc) is 3.32. The van der Waals surface area contributed by atoms with E-state index in [4.69, 9.17) is 0 Å². The van der Waals surface area contributed by atoms with Crippen LogP contribution in [0.1, 0.15) is 0 Å². The maximum absolute atomic E-state index is 12.2. The van der Waals surface area contributed by atoms with Gasteiger partial charge in [0.05, 0.1) is 11.4 Å². The Balaban J connectivity index is 1.68. The number of anilines is 1. The maximum atomic E-state index is 12.2. The Hall–Kier alpha value is -4.20. The fraction of sp³-hybridized carbons (Fsp3) is 0. The number of H-pyrrole nitrogens is 1. The molecule has 2 heterocycles. The lowest BCUT2D eigenvalue weighted by atomic mass is 10.1. The minimum absolute atomic E-state index is 0.296. The largest absolute Gasteiger partial charge is 0.269 e. The van der Waals surface area contributed by atoms with Crippen LogP contribution >= 0.6 is 0 Å². The molecular weight excluding hydrogens is 356 g/mol. The van der Waals surface area contributed by atoms with Gasteiger partial charge in [-0.25, -0.2) is 4.90 Å². The first-order valence-electron chi connectivity index (χ1n) is 8.51. The molecule has 0 atom stereocenters. The molecule has 0 unspecified atom stereocenters. The number of benzene rings is 3. The molecule has 0 saturated carbocycles. The van der Waals surface area contributed by atoms with Gasteiger partial charge in [-0.3, -0.25) is 9.59 Å². The molecule has 1 N–H and O–H groups in total. The summed E-state index contributed by atoms with van der Waals surface area (Å²) in [5.74, 6) is -0.871. The van der Waals surface area contributed by atoms with E-state index in [-0.39, 0.29) is 0 Å². The van der Waals surface area contributed by atoms with Crippen molar-refractivity contribution in [1.82, 2.24) is 15.4 Å². The summed E-state index contributed by atoms with van der Waals surface area (Å²) in [6.07, 6.45) is 2.45. The minimum Gasteiger partial charge on any atom is -0.269 e. The Labute approximate surface area is 158 Å². The van der Waals surface area contributed by atoms with E-state index in [1.165, 1.54) is 12.2 Å². The number of carbonyl (C=O) groups is 2. The summed E-state index contributed by atoms with van der Waals surface area (Å²) in [5.41, 5.74) is 2.26. The highest BCUT2D eigenvalue weighted by molar-refractivity contribution is 6.29. The maximum Gasteiger partial charge on any atom is 0.258 e. The van der Waals surface area contributed by atoms with Gasteiger partial charge in [0.2, 0.25) is 0 Å². The molecule has 8 nitrogen and oxygen atoms in total. The van der Waals surface area contributed by atoms with Gasteiger partial charge in [-0.2, -0.15) is 15.4 Å². The number of amides is 2. The van der Waals surface area contributed by atoms with Gasteiger partial charge in [0.25, 0.3) is 11.8 Å². The molecule has 28 heavy (non-hydrogen) atoms. The van der Waals surface area contributed by atoms with Gasteiger partial charge in [-0.15, -0.1) is 10.2 Å². The normalized spacial score (nSPS) is 14.2. The van der Waals surface area contributed by atoms with Crippen LogP contribution in [0, 0.1) is 0 Å². The van der Waals surface area contributed by atoms with Crippen molar-refractivity contribution in [1.29, 1.82) is 0 Å². The first kappa shape index (κ1) is 16.0. The molecule has 0 saturated heterocycles. The third kappa shape index (κ3) is 2.47. The number of imide groups is 1. The van der Waals surface area contributed by atoms with Crippen molar-refractivity contribution >= 4 is 50.7 Å². The molecule has 0 bridgehead atoms. The van der Waals surface area contributed by atoms with Gasteiger partial charge in [0, 0.05) is 17.5 Å². The summed E-state index contributed by atoms with van der Waals surface area (Å²) >= 11 is 0. The molecule has 1 aromatic heterocycles. The van der Waals surface area contributed by atoms with E-state index < -0.39 is 11.8 Å². The lowest BCUT2D eigenvalue weighted by molar-refractivity contribution is -0.119. The SMILES string of the molecule is O=C1C=CC(=O)N1c1ccc2n[nH]nc2c1N=Nc1cccc2ccccc12. The molecule has 8 heteroatoms. The summed E-state index contributed by atoms with van der Waals surface area (Å²) in [4.78, 5) is 25.4. The Morgan fingerprint density at radius 1 is 0.821 bits per heavy atom. The first-order chi connectivity index (χ1) is 13.7. The van der Waals surface area contributed by atoms with Crippen LogP contribution in [0.25, 0.3) is 21.8 Å². The second kappa shape index (κ2) is 6.20. The molecule has 2 amide bonds. The van der Waals surface area contributed by atoms with Crippen LogP contribution in [0.4, 0.5) is 17.1 Å². The topological polar surface area (TPSA) is 104 Å². The minimum atomic E-state index is -0.436. The van der Waals surface area contributed by atoms with Crippen molar-refractivity contribution in [2.75, 3.05) is 4.90 Å². The molecular formula is C20H12N6O2. The number of aromatic amines is 1. The van der Waals surface area contributed by atoms with Crippen LogP contribution in [0.2, 0.25) is 0 Å². The number of nitrogens with one attached hydrogen (secondary N) is 1. The van der Waals surface area contributed by atoms with Crippen molar-refractivity contribution < 1.29 is 9.59 Å². The van der Waals surface area contributed by atoms with Gasteiger partial charge in [-0.05, 0) is 23.6 Å². The number of nitrogens with zero attached hydrogens (tertiary/aromatic N) is 5. The van der Waals surface area contributed by atoms with Crippen molar-refractivity contribution in [2.24, 2.45) is 10.2 Å². The van der Waals surface area contributed by atoms with Gasteiger partial charge in [0.1, 0.15) is 16.7 Å². The van der Waals surface area contributed by atoms with Crippen molar-refractivity contribution in [3.05, 3.63) is 66.7 Å². The molecule has 1 aliphatic rings. The van der Waals surface area contributed by atoms with E-state index >= 15 is 0 Å². The Morgan fingerprint density at radius 3 is 2.46 bits per heavy atom. The number of aromatic nitrogens is 3. The van der Waals surface area contributed by atoms with E-state index in [1.807, 2.05) is 42.5 Å². The highest BCUT2D eigenvalue weighted by atomic mass is 16.2. The third-order valence-electron chi connectivity index (χ3n) is 4.52. The predicted molar refractivity (Wildman–Crippen MR) is 104 cm³/mol. The zero-order chi connectivity index (χ0) is 19.1. The Bertz CT molecular complexity index is 1300. The van der Waals surface area contributed by atoms with Crippen molar-refractivity contribution in [3.63, 3.8) is 0 Å². The molecule has 4 aromatic rings. The van der Waals surface area contributed by atoms with Crippen LogP contribution in [0.5, 0.6) is 0 Å². The number of fused-ring (bicyclic) bond motifs is 2. The zero-order valence-electron chi connectivity index (χ0n) is 14.4. The van der Waals surface area contributed by atoms with E-state index in [0.717, 1.165) is 15.7 Å². The Kier molecular flexibility index (Phi) is 3.55. The zero-order valence-corrected chi connectivity index (χ0v) is 14.4. The smallest absolute Gasteiger partial charge is 0.258 e. The lowest BCUT2D eigenvalue weighted by Gasteiger charge is -2.15. The first-order valence-corrected chi connectivity index (χ1v) is 8.51.